The van der Waals surface area contributed by atoms with Crippen LogP contribution in [0.25, 0.3) is 0 Å². The van der Waals surface area contributed by atoms with E-state index in [-0.39, 0.29) is 0 Å². The van der Waals surface area contributed by atoms with Crippen LogP contribution in [0.4, 0.5) is 0 Å². The molecule has 0 amide bonds. The van der Waals surface area contributed by atoms with E-state index in [1.807, 2.05) is 6.08 Å². The summed E-state index contributed by atoms with van der Waals surface area (Å²) in [6, 6.07) is 0.494. The Morgan fingerprint density at radius 2 is 1.83 bits per heavy atom. The van der Waals surface area contributed by atoms with Gasteiger partial charge in [-0.2, -0.15) is 0 Å². The van der Waals surface area contributed by atoms with E-state index < -0.39 is 0 Å². The first-order chi connectivity index (χ1) is 5.75. The van der Waals surface area contributed by atoms with Crippen LogP contribution in [-0.2, 0) is 0 Å². The quantitative estimate of drug-likeness (QED) is 0.479. The largest absolute Gasteiger partial charge is 0.402 e. The molecule has 0 saturated heterocycles. The number of amidine groups is 1. The lowest BCUT2D eigenvalue weighted by Crippen LogP contribution is -2.13. The van der Waals surface area contributed by atoms with Crippen LogP contribution < -0.4 is 11.5 Å². The van der Waals surface area contributed by atoms with Crippen LogP contribution in [0.5, 0.6) is 0 Å². The maximum atomic E-state index is 5.78. The molecule has 2 aliphatic rings. The Labute approximate surface area is 72.5 Å². The molecule has 0 aromatic heterocycles. The third-order valence-electron chi connectivity index (χ3n) is 2.24. The Morgan fingerprint density at radius 1 is 1.17 bits per heavy atom. The number of allylic oxidation sites excluding steroid dienone is 1. The van der Waals surface area contributed by atoms with E-state index in [9.17, 15) is 0 Å². The first-order valence-corrected chi connectivity index (χ1v) is 4.56. The van der Waals surface area contributed by atoms with Crippen LogP contribution in [0, 0.1) is 5.92 Å². The molecule has 0 aromatic rings. The smallest absolute Gasteiger partial charge is 0.120 e. The molecule has 0 aromatic carbocycles. The Kier molecular flexibility index (Phi) is 1.79. The fraction of sp³-hybridized carbons (Fsp3) is 0.667. The molecular weight excluding hydrogens is 150 g/mol. The summed E-state index contributed by atoms with van der Waals surface area (Å²) in [6.07, 6.45) is 6.66. The van der Waals surface area contributed by atoms with Crippen LogP contribution >= 0.6 is 0 Å². The summed E-state index contributed by atoms with van der Waals surface area (Å²) >= 11 is 0. The van der Waals surface area contributed by atoms with Crippen molar-refractivity contribution in [2.45, 2.75) is 31.7 Å². The molecule has 2 aliphatic carbocycles. The zero-order valence-corrected chi connectivity index (χ0v) is 7.16. The summed E-state index contributed by atoms with van der Waals surface area (Å²) in [7, 11) is 0. The summed E-state index contributed by atoms with van der Waals surface area (Å²) in [5.74, 6) is 1.21. The van der Waals surface area contributed by atoms with Gasteiger partial charge in [-0.15, -0.1) is 0 Å². The number of hydrogen-bond donors (Lipinski definition) is 2. The second-order valence-electron chi connectivity index (χ2n) is 3.70. The van der Waals surface area contributed by atoms with Gasteiger partial charge in [0.25, 0.3) is 0 Å². The van der Waals surface area contributed by atoms with Crippen molar-refractivity contribution in [3.05, 3.63) is 11.8 Å². The van der Waals surface area contributed by atoms with Gasteiger partial charge in [0.05, 0.1) is 6.04 Å². The SMILES string of the molecule is NC(=CC(N)=NC1CC1)C1CC1. The van der Waals surface area contributed by atoms with Gasteiger partial charge in [0.2, 0.25) is 0 Å². The van der Waals surface area contributed by atoms with Crippen molar-refractivity contribution < 1.29 is 0 Å². The molecule has 2 rings (SSSR count). The molecule has 0 atom stereocenters. The van der Waals surface area contributed by atoms with Crippen molar-refractivity contribution in [3.63, 3.8) is 0 Å². The van der Waals surface area contributed by atoms with Crippen LogP contribution in [0.2, 0.25) is 0 Å². The van der Waals surface area contributed by atoms with Gasteiger partial charge in [-0.1, -0.05) is 0 Å². The Bertz CT molecular complexity index is 234. The summed E-state index contributed by atoms with van der Waals surface area (Å²) in [5.41, 5.74) is 12.4. The molecule has 2 saturated carbocycles. The van der Waals surface area contributed by atoms with Crippen LogP contribution in [-0.4, -0.2) is 11.9 Å². The lowest BCUT2D eigenvalue weighted by Gasteiger charge is -1.97. The zero-order chi connectivity index (χ0) is 8.55. The van der Waals surface area contributed by atoms with E-state index in [0.29, 0.717) is 17.8 Å². The molecule has 0 bridgehead atoms. The highest BCUT2D eigenvalue weighted by Gasteiger charge is 2.24. The van der Waals surface area contributed by atoms with Gasteiger partial charge in [0, 0.05) is 5.70 Å². The van der Waals surface area contributed by atoms with Crippen molar-refractivity contribution in [1.82, 2.24) is 0 Å². The fourth-order valence-corrected chi connectivity index (χ4v) is 1.16. The standard InChI is InChI=1S/C9H15N3/c10-8(6-1-2-6)5-9(11)12-7-3-4-7/h5-7H,1-4,10H2,(H2,11,12). The molecule has 3 heteroatoms. The molecular formula is C9H15N3. The Hall–Kier alpha value is -0.990. The Balaban J connectivity index is 1.93. The third-order valence-corrected chi connectivity index (χ3v) is 2.24. The third kappa shape index (κ3) is 2.00. The van der Waals surface area contributed by atoms with Crippen LogP contribution in [0.3, 0.4) is 0 Å². The van der Waals surface area contributed by atoms with Gasteiger partial charge in [0.15, 0.2) is 0 Å². The predicted molar refractivity (Wildman–Crippen MR) is 49.6 cm³/mol. The van der Waals surface area contributed by atoms with Gasteiger partial charge in [-0.05, 0) is 37.7 Å². The highest BCUT2D eigenvalue weighted by molar-refractivity contribution is 5.92. The zero-order valence-electron chi connectivity index (χ0n) is 7.16. The van der Waals surface area contributed by atoms with Crippen molar-refractivity contribution in [3.8, 4) is 0 Å². The summed E-state index contributed by atoms with van der Waals surface area (Å²) in [5, 5.41) is 0. The molecule has 0 spiro atoms. The number of aliphatic imine (C=N–C) groups is 1. The van der Waals surface area contributed by atoms with Gasteiger partial charge in [-0.25, -0.2) is 0 Å². The summed E-state index contributed by atoms with van der Waals surface area (Å²) < 4.78 is 0. The maximum absolute atomic E-state index is 5.78. The van der Waals surface area contributed by atoms with Crippen molar-refractivity contribution in [2.75, 3.05) is 0 Å². The van der Waals surface area contributed by atoms with Gasteiger partial charge < -0.3 is 11.5 Å². The van der Waals surface area contributed by atoms with E-state index in [1.54, 1.807) is 0 Å². The number of rotatable bonds is 3. The lowest BCUT2D eigenvalue weighted by atomic mass is 10.3. The molecule has 0 radical (unpaired) electrons. The van der Waals surface area contributed by atoms with Crippen LogP contribution in [0.15, 0.2) is 16.8 Å². The fourth-order valence-electron chi connectivity index (χ4n) is 1.16. The lowest BCUT2D eigenvalue weighted by molar-refractivity contribution is 0.979. The van der Waals surface area contributed by atoms with E-state index >= 15 is 0 Å². The molecule has 3 nitrogen and oxygen atoms in total. The number of nitrogens with zero attached hydrogens (tertiary/aromatic N) is 1. The summed E-state index contributed by atoms with van der Waals surface area (Å²) in [4.78, 5) is 4.28. The molecule has 0 heterocycles. The number of hydrogen-bond acceptors (Lipinski definition) is 2. The molecule has 4 N–H and O–H groups in total. The van der Waals surface area contributed by atoms with Gasteiger partial charge >= 0.3 is 0 Å². The molecule has 12 heavy (non-hydrogen) atoms. The molecule has 0 unspecified atom stereocenters. The molecule has 0 aliphatic heterocycles. The average molecular weight is 165 g/mol. The van der Waals surface area contributed by atoms with Crippen LogP contribution in [0.1, 0.15) is 25.7 Å². The highest BCUT2D eigenvalue weighted by atomic mass is 14.9. The van der Waals surface area contributed by atoms with E-state index in [1.165, 1.54) is 25.7 Å². The van der Waals surface area contributed by atoms with E-state index in [4.69, 9.17) is 11.5 Å². The van der Waals surface area contributed by atoms with E-state index in [0.717, 1.165) is 5.70 Å². The monoisotopic (exact) mass is 165 g/mol. The van der Waals surface area contributed by atoms with Crippen molar-refractivity contribution in [1.29, 1.82) is 0 Å². The minimum Gasteiger partial charge on any atom is -0.402 e. The highest BCUT2D eigenvalue weighted by Crippen LogP contribution is 2.33. The Morgan fingerprint density at radius 3 is 2.33 bits per heavy atom. The minimum absolute atomic E-state index is 0.494. The topological polar surface area (TPSA) is 64.4 Å². The first-order valence-electron chi connectivity index (χ1n) is 4.56. The number of nitrogens with two attached hydrogens (primary N) is 2. The van der Waals surface area contributed by atoms with Crippen molar-refractivity contribution >= 4 is 5.84 Å². The average Bonchev–Trinajstić information content (AvgIpc) is 2.83. The minimum atomic E-state index is 0.494. The molecule has 2 fully saturated rings. The molecule has 66 valence electrons. The maximum Gasteiger partial charge on any atom is 0.120 e. The van der Waals surface area contributed by atoms with Crippen molar-refractivity contribution in [2.24, 2.45) is 22.4 Å². The second kappa shape index (κ2) is 2.81. The van der Waals surface area contributed by atoms with Gasteiger partial charge in [0.1, 0.15) is 5.84 Å². The van der Waals surface area contributed by atoms with Gasteiger partial charge in [-0.3, -0.25) is 4.99 Å². The second-order valence-corrected chi connectivity index (χ2v) is 3.70. The van der Waals surface area contributed by atoms with E-state index in [2.05, 4.69) is 4.99 Å². The predicted octanol–water partition coefficient (Wildman–Crippen LogP) is 0.759. The normalized spacial score (nSPS) is 26.0. The first kappa shape index (κ1) is 7.65. The summed E-state index contributed by atoms with van der Waals surface area (Å²) in [6.45, 7) is 0.